The summed E-state index contributed by atoms with van der Waals surface area (Å²) in [5, 5.41) is 4.99. The monoisotopic (exact) mass is 351 g/mol. The second-order valence-corrected chi connectivity index (χ2v) is 6.92. The molecule has 0 bridgehead atoms. The summed E-state index contributed by atoms with van der Waals surface area (Å²) in [7, 11) is 1.60. The molecule has 7 nitrogen and oxygen atoms in total. The van der Waals surface area contributed by atoms with Gasteiger partial charge in [-0.05, 0) is 24.3 Å². The van der Waals surface area contributed by atoms with Gasteiger partial charge in [0.25, 0.3) is 0 Å². The third kappa shape index (κ3) is 4.42. The van der Waals surface area contributed by atoms with Crippen molar-refractivity contribution in [3.05, 3.63) is 24.3 Å². The predicted molar refractivity (Wildman–Crippen MR) is 91.8 cm³/mol. The van der Waals surface area contributed by atoms with Crippen molar-refractivity contribution in [2.75, 3.05) is 32.2 Å². The highest BCUT2D eigenvalue weighted by molar-refractivity contribution is 5.84. The van der Waals surface area contributed by atoms with E-state index in [1.54, 1.807) is 31.4 Å². The number of quaternary nitrogens is 1. The van der Waals surface area contributed by atoms with Gasteiger partial charge in [0.15, 0.2) is 6.10 Å². The maximum atomic E-state index is 12.1. The van der Waals surface area contributed by atoms with E-state index in [-0.39, 0.29) is 24.4 Å². The zero-order valence-electron chi connectivity index (χ0n) is 14.9. The van der Waals surface area contributed by atoms with E-state index in [1.165, 1.54) is 0 Å². The first-order valence-corrected chi connectivity index (χ1v) is 8.75. The normalized spacial score (nSPS) is 28.0. The molecule has 7 heteroatoms. The molecule has 3 N–H and O–H groups in total. The molecule has 0 saturated carbocycles. The van der Waals surface area contributed by atoms with Crippen LogP contribution in [-0.2, 0) is 14.2 Å². The SMILES string of the molecule is COc1ccc(NC(=O)O[C@@H]2CO[C@H]3[C@@H]2OC[C@@H]3[NH2+]CC(C)C)cc1. The van der Waals surface area contributed by atoms with Gasteiger partial charge in [0, 0.05) is 11.6 Å². The van der Waals surface area contributed by atoms with Crippen LogP contribution >= 0.6 is 0 Å². The van der Waals surface area contributed by atoms with Crippen molar-refractivity contribution in [1.82, 2.24) is 0 Å². The van der Waals surface area contributed by atoms with Crippen LogP contribution in [0.25, 0.3) is 0 Å². The third-order valence-electron chi connectivity index (χ3n) is 4.55. The maximum absolute atomic E-state index is 12.1. The number of nitrogens with two attached hydrogens (primary N) is 1. The number of methoxy groups -OCH3 is 1. The minimum Gasteiger partial charge on any atom is -0.497 e. The lowest BCUT2D eigenvalue weighted by Gasteiger charge is -2.17. The van der Waals surface area contributed by atoms with E-state index in [0.29, 0.717) is 24.8 Å². The van der Waals surface area contributed by atoms with E-state index in [2.05, 4.69) is 24.5 Å². The van der Waals surface area contributed by atoms with Crippen LogP contribution in [0.15, 0.2) is 24.3 Å². The van der Waals surface area contributed by atoms with Crippen molar-refractivity contribution in [3.63, 3.8) is 0 Å². The number of nitrogens with one attached hydrogen (secondary N) is 1. The van der Waals surface area contributed by atoms with E-state index in [9.17, 15) is 4.79 Å². The molecule has 2 aliphatic heterocycles. The molecule has 0 aromatic heterocycles. The Morgan fingerprint density at radius 1 is 1.24 bits per heavy atom. The number of anilines is 1. The fraction of sp³-hybridized carbons (Fsp3) is 0.611. The van der Waals surface area contributed by atoms with Crippen LogP contribution in [0.1, 0.15) is 13.8 Å². The first-order valence-electron chi connectivity index (χ1n) is 8.75. The van der Waals surface area contributed by atoms with Crippen molar-refractivity contribution in [2.24, 2.45) is 5.92 Å². The van der Waals surface area contributed by atoms with Gasteiger partial charge in [-0.15, -0.1) is 0 Å². The minimum absolute atomic E-state index is 0.0162. The maximum Gasteiger partial charge on any atom is 0.412 e. The number of fused-ring (bicyclic) bond motifs is 1. The molecule has 0 radical (unpaired) electrons. The fourth-order valence-corrected chi connectivity index (χ4v) is 3.20. The lowest BCUT2D eigenvalue weighted by molar-refractivity contribution is -0.697. The second kappa shape index (κ2) is 8.03. The molecule has 138 valence electrons. The number of amides is 1. The molecule has 1 aromatic carbocycles. The third-order valence-corrected chi connectivity index (χ3v) is 4.55. The van der Waals surface area contributed by atoms with Gasteiger partial charge in [-0.3, -0.25) is 5.32 Å². The molecular formula is C18H27N2O5+. The lowest BCUT2D eigenvalue weighted by Crippen LogP contribution is -2.93. The predicted octanol–water partition coefficient (Wildman–Crippen LogP) is 0.998. The van der Waals surface area contributed by atoms with Crippen LogP contribution in [0.2, 0.25) is 0 Å². The van der Waals surface area contributed by atoms with Gasteiger partial charge in [0.1, 0.15) is 30.6 Å². The average molecular weight is 351 g/mol. The van der Waals surface area contributed by atoms with Gasteiger partial charge in [0.05, 0.1) is 20.3 Å². The first kappa shape index (κ1) is 18.0. The number of hydrogen-bond acceptors (Lipinski definition) is 5. The smallest absolute Gasteiger partial charge is 0.412 e. The average Bonchev–Trinajstić information content (AvgIpc) is 3.17. The van der Waals surface area contributed by atoms with Crippen LogP contribution in [0.5, 0.6) is 5.75 Å². The minimum atomic E-state index is -0.502. The van der Waals surface area contributed by atoms with Crippen molar-refractivity contribution >= 4 is 11.8 Å². The van der Waals surface area contributed by atoms with E-state index in [1.807, 2.05) is 0 Å². The van der Waals surface area contributed by atoms with E-state index >= 15 is 0 Å². The summed E-state index contributed by atoms with van der Waals surface area (Å²) in [5.74, 6) is 1.34. The van der Waals surface area contributed by atoms with Gasteiger partial charge in [-0.2, -0.15) is 0 Å². The van der Waals surface area contributed by atoms with E-state index in [0.717, 1.165) is 12.3 Å². The molecule has 1 aromatic rings. The Morgan fingerprint density at radius 3 is 2.64 bits per heavy atom. The van der Waals surface area contributed by atoms with Gasteiger partial charge in [-0.25, -0.2) is 4.79 Å². The molecular weight excluding hydrogens is 324 g/mol. The molecule has 0 aliphatic carbocycles. The van der Waals surface area contributed by atoms with E-state index in [4.69, 9.17) is 18.9 Å². The Hall–Kier alpha value is -1.83. The quantitative estimate of drug-likeness (QED) is 0.799. The summed E-state index contributed by atoms with van der Waals surface area (Å²) < 4.78 is 22.3. The van der Waals surface area contributed by atoms with Crippen LogP contribution in [-0.4, -0.2) is 57.3 Å². The van der Waals surface area contributed by atoms with Gasteiger partial charge >= 0.3 is 6.09 Å². The van der Waals surface area contributed by atoms with Crippen molar-refractivity contribution in [3.8, 4) is 5.75 Å². The van der Waals surface area contributed by atoms with Crippen molar-refractivity contribution in [2.45, 2.75) is 38.2 Å². The lowest BCUT2D eigenvalue weighted by atomic mass is 10.1. The van der Waals surface area contributed by atoms with Crippen molar-refractivity contribution in [1.29, 1.82) is 0 Å². The molecule has 0 spiro atoms. The number of benzene rings is 1. The summed E-state index contributed by atoms with van der Waals surface area (Å²) in [4.78, 5) is 12.1. The number of carbonyl (C=O) groups is 1. The van der Waals surface area contributed by atoms with Crippen LogP contribution in [0.4, 0.5) is 10.5 Å². The van der Waals surface area contributed by atoms with Crippen LogP contribution < -0.4 is 15.4 Å². The molecule has 3 rings (SSSR count). The molecule has 0 unspecified atom stereocenters. The topological polar surface area (TPSA) is 82.6 Å². The molecule has 2 saturated heterocycles. The van der Waals surface area contributed by atoms with Gasteiger partial charge in [-0.1, -0.05) is 13.8 Å². The standard InChI is InChI=1S/C18H26N2O5/c1-11(2)8-19-14-9-23-17-15(10-24-16(14)17)25-18(21)20-12-4-6-13(22-3)7-5-12/h4-7,11,14-17,19H,8-10H2,1-3H3,(H,20,21)/p+1/t14-,15+,16+,17+/m0/s1. The van der Waals surface area contributed by atoms with Gasteiger partial charge < -0.3 is 24.3 Å². The highest BCUT2D eigenvalue weighted by atomic mass is 16.6. The Labute approximate surface area is 148 Å². The van der Waals surface area contributed by atoms with E-state index < -0.39 is 6.09 Å². The molecule has 25 heavy (non-hydrogen) atoms. The number of hydrogen-bond donors (Lipinski definition) is 2. The first-order chi connectivity index (χ1) is 12.1. The largest absolute Gasteiger partial charge is 0.497 e. The molecule has 1 amide bonds. The molecule has 2 aliphatic rings. The zero-order valence-corrected chi connectivity index (χ0v) is 14.9. The Bertz CT molecular complexity index is 577. The Balaban J connectivity index is 1.49. The van der Waals surface area contributed by atoms with Crippen LogP contribution in [0, 0.1) is 5.92 Å². The molecule has 2 heterocycles. The van der Waals surface area contributed by atoms with Gasteiger partial charge in [0.2, 0.25) is 0 Å². The Morgan fingerprint density at radius 2 is 1.96 bits per heavy atom. The number of carbonyl (C=O) groups excluding carboxylic acids is 1. The van der Waals surface area contributed by atoms with Crippen molar-refractivity contribution < 1.29 is 29.1 Å². The summed E-state index contributed by atoms with van der Waals surface area (Å²) >= 11 is 0. The fourth-order valence-electron chi connectivity index (χ4n) is 3.20. The molecule has 2 fully saturated rings. The number of ether oxygens (including phenoxy) is 4. The highest BCUT2D eigenvalue weighted by Gasteiger charge is 2.51. The highest BCUT2D eigenvalue weighted by Crippen LogP contribution is 2.28. The zero-order chi connectivity index (χ0) is 17.8. The summed E-state index contributed by atoms with van der Waals surface area (Å²) in [6.07, 6.45) is -1.08. The summed E-state index contributed by atoms with van der Waals surface area (Å²) in [6.45, 7) is 6.41. The molecule has 4 atom stereocenters. The van der Waals surface area contributed by atoms with Crippen LogP contribution in [0.3, 0.4) is 0 Å². The Kier molecular flexibility index (Phi) is 5.78. The second-order valence-electron chi connectivity index (χ2n) is 6.92. The summed E-state index contributed by atoms with van der Waals surface area (Å²) in [6, 6.07) is 7.35. The summed E-state index contributed by atoms with van der Waals surface area (Å²) in [5.41, 5.74) is 0.650. The number of rotatable bonds is 6.